The molecule has 0 saturated carbocycles. The van der Waals surface area contributed by atoms with Crippen molar-refractivity contribution < 1.29 is 22.7 Å². The van der Waals surface area contributed by atoms with Gasteiger partial charge in [0.05, 0.1) is 36.3 Å². The Morgan fingerprint density at radius 1 is 0.791 bits per heavy atom. The lowest BCUT2D eigenvalue weighted by molar-refractivity contribution is -0.157. The molecule has 0 amide bonds. The van der Waals surface area contributed by atoms with Crippen molar-refractivity contribution in [3.63, 3.8) is 0 Å². The van der Waals surface area contributed by atoms with Gasteiger partial charge in [0.2, 0.25) is 10.0 Å². The van der Waals surface area contributed by atoms with E-state index in [-0.39, 0.29) is 30.8 Å². The quantitative estimate of drug-likeness (QED) is 0.169. The molecule has 1 fully saturated rings. The third-order valence-electron chi connectivity index (χ3n) is 8.17. The Morgan fingerprint density at radius 2 is 1.33 bits per heavy atom. The summed E-state index contributed by atoms with van der Waals surface area (Å²) in [5, 5.41) is 0. The molecule has 1 saturated heterocycles. The molecule has 0 spiro atoms. The third kappa shape index (κ3) is 6.26. The lowest BCUT2D eigenvalue weighted by Gasteiger charge is -2.42. The maximum atomic E-state index is 13.9. The molecule has 1 atom stereocenters. The largest absolute Gasteiger partial charge is 0.497 e. The smallest absolute Gasteiger partial charge is 0.314 e. The number of sulfonamides is 1. The average molecular weight is 597 g/mol. The van der Waals surface area contributed by atoms with Gasteiger partial charge in [-0.2, -0.15) is 4.31 Å². The van der Waals surface area contributed by atoms with Gasteiger partial charge >= 0.3 is 5.97 Å². The van der Waals surface area contributed by atoms with Crippen LogP contribution < -0.4 is 4.74 Å². The van der Waals surface area contributed by atoms with Crippen LogP contribution in [-0.2, 0) is 19.6 Å². The van der Waals surface area contributed by atoms with E-state index < -0.39 is 27.4 Å². The molecule has 5 rings (SSSR count). The summed E-state index contributed by atoms with van der Waals surface area (Å²) in [6.45, 7) is 2.22. The monoisotopic (exact) mass is 596 g/mol. The number of nitrogens with zero attached hydrogens (tertiary/aromatic N) is 2. The number of benzene rings is 4. The summed E-state index contributed by atoms with van der Waals surface area (Å²) < 4.78 is 39.5. The molecule has 1 aliphatic heterocycles. The number of rotatable bonds is 9. The van der Waals surface area contributed by atoms with E-state index in [4.69, 9.17) is 14.5 Å². The van der Waals surface area contributed by atoms with Crippen molar-refractivity contribution in [3.8, 4) is 5.75 Å². The van der Waals surface area contributed by atoms with Gasteiger partial charge in [-0.3, -0.25) is 9.79 Å². The summed E-state index contributed by atoms with van der Waals surface area (Å²) in [6.07, 6.45) is 0.476. The predicted octanol–water partition coefficient (Wildman–Crippen LogP) is 6.23. The van der Waals surface area contributed by atoms with Crippen LogP contribution in [0.25, 0.3) is 0 Å². The minimum absolute atomic E-state index is 0.152. The molecule has 8 heteroatoms. The van der Waals surface area contributed by atoms with Gasteiger partial charge in [0.1, 0.15) is 5.75 Å². The fourth-order valence-electron chi connectivity index (χ4n) is 5.72. The first-order chi connectivity index (χ1) is 20.8. The molecule has 222 valence electrons. The highest BCUT2D eigenvalue weighted by Gasteiger charge is 2.51. The molecule has 0 N–H and O–H groups in total. The number of hydrogen-bond acceptors (Lipinski definition) is 6. The Bertz CT molecular complexity index is 1620. The predicted molar refractivity (Wildman–Crippen MR) is 168 cm³/mol. The second-order valence-electron chi connectivity index (χ2n) is 10.8. The Balaban J connectivity index is 1.62. The van der Waals surface area contributed by atoms with Crippen molar-refractivity contribution in [3.05, 3.63) is 131 Å². The number of hydrogen-bond donors (Lipinski definition) is 0. The number of aliphatic imine (C=N–C) groups is 1. The molecule has 4 aromatic carbocycles. The second kappa shape index (κ2) is 12.9. The molecule has 43 heavy (non-hydrogen) atoms. The Hall–Kier alpha value is -4.27. The molecule has 1 unspecified atom stereocenters. The van der Waals surface area contributed by atoms with Gasteiger partial charge in [-0.15, -0.1) is 0 Å². The van der Waals surface area contributed by atoms with Crippen LogP contribution in [0.15, 0.2) is 119 Å². The van der Waals surface area contributed by atoms with Crippen LogP contribution in [0.3, 0.4) is 0 Å². The van der Waals surface area contributed by atoms with Crippen molar-refractivity contribution in [2.75, 3.05) is 27.3 Å². The van der Waals surface area contributed by atoms with Gasteiger partial charge in [0.25, 0.3) is 0 Å². The van der Waals surface area contributed by atoms with Crippen LogP contribution >= 0.6 is 0 Å². The first-order valence-electron chi connectivity index (χ1n) is 14.3. The molecule has 0 aromatic heterocycles. The van der Waals surface area contributed by atoms with Crippen molar-refractivity contribution in [2.24, 2.45) is 10.4 Å². The van der Waals surface area contributed by atoms with Crippen LogP contribution in [0.1, 0.15) is 41.1 Å². The zero-order valence-corrected chi connectivity index (χ0v) is 25.5. The van der Waals surface area contributed by atoms with Gasteiger partial charge in [-0.05, 0) is 49.6 Å². The van der Waals surface area contributed by atoms with E-state index in [1.165, 1.54) is 11.4 Å². The number of carbonyl (C=O) groups excluding carboxylic acids is 1. The summed E-state index contributed by atoms with van der Waals surface area (Å²) in [4.78, 5) is 19.5. The maximum absolute atomic E-state index is 13.9. The van der Waals surface area contributed by atoms with Crippen molar-refractivity contribution >= 4 is 21.7 Å². The van der Waals surface area contributed by atoms with E-state index in [9.17, 15) is 13.2 Å². The van der Waals surface area contributed by atoms with E-state index in [0.717, 1.165) is 28.0 Å². The Kier molecular flexibility index (Phi) is 9.08. The van der Waals surface area contributed by atoms with Gasteiger partial charge in [0.15, 0.2) is 0 Å². The lowest BCUT2D eigenvalue weighted by atomic mass is 9.70. The minimum Gasteiger partial charge on any atom is -0.497 e. The SMILES string of the molecule is COC(=O)C1(C(N=C(c2ccccc2)c2ccccc2)c2ccc(OC)cc2)CCN(S(=O)(=O)c2ccc(C)cc2)CC1. The Labute approximate surface area is 253 Å². The molecule has 1 aliphatic rings. The number of piperidine rings is 1. The number of esters is 1. The first-order valence-corrected chi connectivity index (χ1v) is 15.7. The van der Waals surface area contributed by atoms with Crippen LogP contribution in [0.5, 0.6) is 5.75 Å². The second-order valence-corrected chi connectivity index (χ2v) is 12.7. The zero-order valence-electron chi connectivity index (χ0n) is 24.6. The summed E-state index contributed by atoms with van der Waals surface area (Å²) in [6, 6.07) is 33.4. The average Bonchev–Trinajstić information content (AvgIpc) is 3.06. The van der Waals surface area contributed by atoms with E-state index in [1.807, 2.05) is 91.9 Å². The van der Waals surface area contributed by atoms with E-state index >= 15 is 0 Å². The molecule has 0 aliphatic carbocycles. The zero-order chi connectivity index (χ0) is 30.5. The fourth-order valence-corrected chi connectivity index (χ4v) is 7.16. The van der Waals surface area contributed by atoms with Crippen molar-refractivity contribution in [1.29, 1.82) is 0 Å². The standard InChI is InChI=1S/C35H36N2O5S/c1-26-14-20-31(21-15-26)43(39,40)37-24-22-35(23-25-37,34(38)42-3)33(29-16-18-30(41-2)19-17-29)36-32(27-10-6-4-7-11-27)28-12-8-5-9-13-28/h4-21,33H,22-25H2,1-3H3. The van der Waals surface area contributed by atoms with Gasteiger partial charge in [-0.1, -0.05) is 90.5 Å². The number of aryl methyl sites for hydroxylation is 1. The van der Waals surface area contributed by atoms with Crippen LogP contribution in [0, 0.1) is 12.3 Å². The molecule has 0 radical (unpaired) electrons. The topological polar surface area (TPSA) is 85.3 Å². The van der Waals surface area contributed by atoms with Crippen LogP contribution in [-0.4, -0.2) is 51.7 Å². The summed E-state index contributed by atoms with van der Waals surface area (Å²) >= 11 is 0. The maximum Gasteiger partial charge on any atom is 0.314 e. The molecule has 1 heterocycles. The van der Waals surface area contributed by atoms with E-state index in [1.54, 1.807) is 31.4 Å². The minimum atomic E-state index is -3.74. The molecule has 0 bridgehead atoms. The molecule has 4 aromatic rings. The van der Waals surface area contributed by atoms with Crippen molar-refractivity contribution in [2.45, 2.75) is 30.7 Å². The number of methoxy groups -OCH3 is 2. The van der Waals surface area contributed by atoms with Gasteiger partial charge in [0, 0.05) is 24.2 Å². The first kappa shape index (κ1) is 30.2. The third-order valence-corrected chi connectivity index (χ3v) is 10.1. The van der Waals surface area contributed by atoms with Crippen LogP contribution in [0.2, 0.25) is 0 Å². The number of carbonyl (C=O) groups is 1. The summed E-state index contributed by atoms with van der Waals surface area (Å²) in [7, 11) is -0.757. The summed E-state index contributed by atoms with van der Waals surface area (Å²) in [5.74, 6) is 0.272. The molecular weight excluding hydrogens is 560 g/mol. The molecule has 7 nitrogen and oxygen atoms in total. The molecular formula is C35H36N2O5S. The highest BCUT2D eigenvalue weighted by Crippen LogP contribution is 2.48. The lowest BCUT2D eigenvalue weighted by Crippen LogP contribution is -2.49. The van der Waals surface area contributed by atoms with Gasteiger partial charge in [-0.25, -0.2) is 8.42 Å². The van der Waals surface area contributed by atoms with Crippen LogP contribution in [0.4, 0.5) is 0 Å². The highest BCUT2D eigenvalue weighted by molar-refractivity contribution is 7.89. The highest BCUT2D eigenvalue weighted by atomic mass is 32.2. The fraction of sp³-hybridized carbons (Fsp3) is 0.257. The summed E-state index contributed by atoms with van der Waals surface area (Å²) in [5.41, 5.74) is 3.23. The number of ether oxygens (including phenoxy) is 2. The van der Waals surface area contributed by atoms with E-state index in [2.05, 4.69) is 0 Å². The normalized spacial score (nSPS) is 15.7. The Morgan fingerprint density at radius 3 is 1.81 bits per heavy atom. The van der Waals surface area contributed by atoms with Gasteiger partial charge < -0.3 is 9.47 Å². The van der Waals surface area contributed by atoms with E-state index in [0.29, 0.717) is 5.75 Å². The van der Waals surface area contributed by atoms with Crippen molar-refractivity contribution in [1.82, 2.24) is 4.31 Å².